The minimum Gasteiger partial charge on any atom is -0.491 e. The van der Waals surface area contributed by atoms with Crippen LogP contribution >= 0.6 is 0 Å². The molecule has 2 N–H and O–H groups in total. The Morgan fingerprint density at radius 2 is 1.73 bits per heavy atom. The van der Waals surface area contributed by atoms with Crippen LogP contribution in [0.1, 0.15) is 37.0 Å². The first kappa shape index (κ1) is 26.7. The van der Waals surface area contributed by atoms with Crippen LogP contribution in [0.2, 0.25) is 0 Å². The van der Waals surface area contributed by atoms with Gasteiger partial charge in [0.15, 0.2) is 6.61 Å². The van der Waals surface area contributed by atoms with Gasteiger partial charge in [0.2, 0.25) is 10.0 Å². The fourth-order valence-electron chi connectivity index (χ4n) is 4.11. The van der Waals surface area contributed by atoms with Crippen LogP contribution in [0.4, 0.5) is 5.69 Å². The highest BCUT2D eigenvalue weighted by atomic mass is 32.2. The van der Waals surface area contributed by atoms with Gasteiger partial charge in [-0.15, -0.1) is 0 Å². The van der Waals surface area contributed by atoms with Crippen molar-refractivity contribution in [1.29, 1.82) is 0 Å². The lowest BCUT2D eigenvalue weighted by Crippen LogP contribution is -2.48. The Labute approximate surface area is 217 Å². The van der Waals surface area contributed by atoms with Crippen LogP contribution in [0.25, 0.3) is 0 Å². The molecular weight excluding hydrogens is 498 g/mol. The highest BCUT2D eigenvalue weighted by Crippen LogP contribution is 2.30. The molecule has 200 valence electrons. The summed E-state index contributed by atoms with van der Waals surface area (Å²) in [5.41, 5.74) is 1.00. The quantitative estimate of drug-likeness (QED) is 0.453. The van der Waals surface area contributed by atoms with Gasteiger partial charge in [-0.25, -0.2) is 13.2 Å². The molecule has 0 radical (unpaired) electrons. The van der Waals surface area contributed by atoms with Crippen LogP contribution in [-0.2, 0) is 14.8 Å². The minimum absolute atomic E-state index is 0.00299. The highest BCUT2D eigenvalue weighted by Gasteiger charge is 2.29. The molecule has 0 aromatic heterocycles. The van der Waals surface area contributed by atoms with E-state index in [4.69, 9.17) is 14.6 Å². The summed E-state index contributed by atoms with van der Waals surface area (Å²) in [6.45, 7) is 5.25. The van der Waals surface area contributed by atoms with E-state index >= 15 is 0 Å². The summed E-state index contributed by atoms with van der Waals surface area (Å²) < 4.78 is 38.8. The number of hydrogen-bond acceptors (Lipinski definition) is 7. The van der Waals surface area contributed by atoms with E-state index in [-0.39, 0.29) is 41.3 Å². The van der Waals surface area contributed by atoms with Crippen molar-refractivity contribution < 1.29 is 32.6 Å². The van der Waals surface area contributed by atoms with E-state index in [1.165, 1.54) is 4.31 Å². The van der Waals surface area contributed by atoms with E-state index in [1.54, 1.807) is 42.5 Å². The third-order valence-corrected chi connectivity index (χ3v) is 8.16. The lowest BCUT2D eigenvalue weighted by atomic mass is 10.1. The van der Waals surface area contributed by atoms with Gasteiger partial charge in [0.1, 0.15) is 11.5 Å². The fourth-order valence-corrected chi connectivity index (χ4v) is 5.53. The zero-order valence-electron chi connectivity index (χ0n) is 21.1. The third-order valence-electron chi connectivity index (χ3n) is 6.25. The van der Waals surface area contributed by atoms with Crippen molar-refractivity contribution in [2.24, 2.45) is 5.92 Å². The lowest BCUT2D eigenvalue weighted by Gasteiger charge is -2.35. The minimum atomic E-state index is -3.66. The van der Waals surface area contributed by atoms with Crippen LogP contribution in [-0.4, -0.2) is 75.1 Å². The van der Waals surface area contributed by atoms with Gasteiger partial charge < -0.3 is 24.8 Å². The van der Waals surface area contributed by atoms with Crippen molar-refractivity contribution in [2.75, 3.05) is 44.2 Å². The normalized spacial score (nSPS) is 16.5. The van der Waals surface area contributed by atoms with Crippen molar-refractivity contribution in [2.45, 2.75) is 37.7 Å². The molecule has 2 aromatic carbocycles. The number of nitrogens with zero attached hydrogens (tertiary/aromatic N) is 2. The van der Waals surface area contributed by atoms with Gasteiger partial charge in [-0.3, -0.25) is 4.79 Å². The van der Waals surface area contributed by atoms with E-state index < -0.39 is 22.6 Å². The predicted molar refractivity (Wildman–Crippen MR) is 138 cm³/mol. The summed E-state index contributed by atoms with van der Waals surface area (Å²) in [6, 6.07) is 11.5. The number of nitrogens with one attached hydrogen (secondary N) is 1. The zero-order chi connectivity index (χ0) is 26.6. The van der Waals surface area contributed by atoms with Crippen molar-refractivity contribution >= 4 is 27.6 Å². The molecule has 10 nitrogen and oxygen atoms in total. The molecule has 1 saturated carbocycles. The Kier molecular flexibility index (Phi) is 8.23. The molecule has 2 aliphatic rings. The number of carbonyl (C=O) groups excluding carboxylic acids is 1. The number of sulfonamides is 1. The maximum absolute atomic E-state index is 13.1. The number of ether oxygens (including phenoxy) is 2. The molecule has 1 amide bonds. The number of anilines is 1. The smallest absolute Gasteiger partial charge is 0.341 e. The molecule has 0 unspecified atom stereocenters. The number of amides is 1. The molecule has 37 heavy (non-hydrogen) atoms. The van der Waals surface area contributed by atoms with Crippen LogP contribution in [0, 0.1) is 5.92 Å². The molecular formula is C26H33N3O7S. The summed E-state index contributed by atoms with van der Waals surface area (Å²) >= 11 is 0. The Balaban J connectivity index is 1.43. The van der Waals surface area contributed by atoms with Crippen molar-refractivity contribution in [3.8, 4) is 11.5 Å². The first-order valence-electron chi connectivity index (χ1n) is 12.4. The van der Waals surface area contributed by atoms with Gasteiger partial charge >= 0.3 is 5.97 Å². The van der Waals surface area contributed by atoms with Crippen molar-refractivity contribution in [3.63, 3.8) is 0 Å². The number of rotatable bonds is 11. The maximum Gasteiger partial charge on any atom is 0.341 e. The predicted octanol–water partition coefficient (Wildman–Crippen LogP) is 2.59. The molecule has 0 spiro atoms. The Morgan fingerprint density at radius 3 is 2.32 bits per heavy atom. The van der Waals surface area contributed by atoms with Gasteiger partial charge in [0.25, 0.3) is 5.91 Å². The number of aliphatic carboxylic acids is 1. The van der Waals surface area contributed by atoms with E-state index in [1.807, 2.05) is 18.7 Å². The van der Waals surface area contributed by atoms with Crippen LogP contribution < -0.4 is 19.7 Å². The average Bonchev–Trinajstić information content (AvgIpc) is 3.70. The molecule has 2 fully saturated rings. The number of carbonyl (C=O) groups is 2. The zero-order valence-corrected chi connectivity index (χ0v) is 21.9. The highest BCUT2D eigenvalue weighted by molar-refractivity contribution is 7.89. The number of benzene rings is 2. The molecule has 1 aliphatic carbocycles. The van der Waals surface area contributed by atoms with Crippen LogP contribution in [0.5, 0.6) is 11.5 Å². The number of carboxylic acid groups (broad SMARTS) is 1. The monoisotopic (exact) mass is 531 g/mol. The number of hydrogen-bond donors (Lipinski definition) is 2. The summed E-state index contributed by atoms with van der Waals surface area (Å²) in [5, 5.41) is 11.9. The second-order valence-corrected chi connectivity index (χ2v) is 11.5. The van der Waals surface area contributed by atoms with Crippen molar-refractivity contribution in [3.05, 3.63) is 48.0 Å². The van der Waals surface area contributed by atoms with Gasteiger partial charge in [-0.2, -0.15) is 4.31 Å². The third kappa shape index (κ3) is 6.92. The van der Waals surface area contributed by atoms with Crippen molar-refractivity contribution in [1.82, 2.24) is 9.62 Å². The molecule has 4 rings (SSSR count). The second kappa shape index (κ2) is 11.4. The van der Waals surface area contributed by atoms with E-state index in [0.29, 0.717) is 31.3 Å². The van der Waals surface area contributed by atoms with Crippen LogP contribution in [0.3, 0.4) is 0 Å². The molecule has 0 atom stereocenters. The summed E-state index contributed by atoms with van der Waals surface area (Å²) in [4.78, 5) is 25.9. The largest absolute Gasteiger partial charge is 0.491 e. The average molecular weight is 532 g/mol. The lowest BCUT2D eigenvalue weighted by molar-refractivity contribution is -0.139. The van der Waals surface area contributed by atoms with E-state index in [0.717, 1.165) is 18.5 Å². The molecule has 11 heteroatoms. The number of piperazine rings is 1. The molecule has 2 aromatic rings. The molecule has 1 saturated heterocycles. The molecule has 1 aliphatic heterocycles. The van der Waals surface area contributed by atoms with Crippen LogP contribution in [0.15, 0.2) is 47.4 Å². The van der Waals surface area contributed by atoms with Gasteiger partial charge in [0.05, 0.1) is 16.6 Å². The summed E-state index contributed by atoms with van der Waals surface area (Å²) in [5.74, 6) is -0.140. The standard InChI is InChI=1S/C26H33N3O7S/c1-18(2)36-21-6-8-22(9-7-21)37(33,34)29-13-11-28(12-14-29)20-5-10-23(24(15-20)35-17-25(30)31)26(32)27-16-19-3-4-19/h5-10,15,18-19H,3-4,11-14,16-17H2,1-2H3,(H,27,32)(H,30,31). The van der Waals surface area contributed by atoms with Gasteiger partial charge in [0, 0.05) is 44.5 Å². The summed E-state index contributed by atoms with van der Waals surface area (Å²) in [6.07, 6.45) is 2.19. The molecule has 1 heterocycles. The van der Waals surface area contributed by atoms with Gasteiger partial charge in [-0.05, 0) is 69.0 Å². The Bertz CT molecular complexity index is 1220. The topological polar surface area (TPSA) is 125 Å². The van der Waals surface area contributed by atoms with E-state index in [9.17, 15) is 18.0 Å². The SMILES string of the molecule is CC(C)Oc1ccc(S(=O)(=O)N2CCN(c3ccc(C(=O)NCC4CC4)c(OCC(=O)O)c3)CC2)cc1. The number of carboxylic acids is 1. The maximum atomic E-state index is 13.1. The van der Waals surface area contributed by atoms with E-state index in [2.05, 4.69) is 5.32 Å². The Morgan fingerprint density at radius 1 is 1.05 bits per heavy atom. The first-order valence-corrected chi connectivity index (χ1v) is 13.9. The van der Waals surface area contributed by atoms with Gasteiger partial charge in [-0.1, -0.05) is 0 Å². The first-order chi connectivity index (χ1) is 17.6. The fraction of sp³-hybridized carbons (Fsp3) is 0.462. The second-order valence-electron chi connectivity index (χ2n) is 9.55. The Hall–Kier alpha value is -3.31. The summed E-state index contributed by atoms with van der Waals surface area (Å²) in [7, 11) is -3.66. The molecule has 0 bridgehead atoms.